The summed E-state index contributed by atoms with van der Waals surface area (Å²) in [7, 11) is 0. The fourth-order valence-electron chi connectivity index (χ4n) is 1.65. The maximum absolute atomic E-state index is 11.6. The number of carbonyl (C=O) groups excluding carboxylic acids is 1. The highest BCUT2D eigenvalue weighted by Crippen LogP contribution is 2.05. The number of aromatic nitrogens is 5. The molecule has 0 saturated carbocycles. The number of hydrogen-bond donors (Lipinski definition) is 3. The molecule has 0 aliphatic carbocycles. The van der Waals surface area contributed by atoms with Gasteiger partial charge in [-0.25, -0.2) is 4.98 Å². The number of pyridine rings is 1. The second-order valence-corrected chi connectivity index (χ2v) is 4.15. The lowest BCUT2D eigenvalue weighted by Crippen LogP contribution is -2.22. The van der Waals surface area contributed by atoms with Crippen molar-refractivity contribution in [2.45, 2.75) is 19.8 Å². The van der Waals surface area contributed by atoms with Crippen LogP contribution in [0, 0.1) is 0 Å². The van der Waals surface area contributed by atoms with Gasteiger partial charge >= 0.3 is 0 Å². The summed E-state index contributed by atoms with van der Waals surface area (Å²) < 4.78 is 0. The third-order valence-electron chi connectivity index (χ3n) is 2.64. The van der Waals surface area contributed by atoms with Gasteiger partial charge in [-0.15, -0.1) is 10.2 Å². The summed E-state index contributed by atoms with van der Waals surface area (Å²) in [6.45, 7) is 3.24. The van der Waals surface area contributed by atoms with Gasteiger partial charge in [0.05, 0.1) is 5.56 Å². The van der Waals surface area contributed by atoms with Crippen LogP contribution < -0.4 is 10.6 Å². The van der Waals surface area contributed by atoms with E-state index in [1.54, 1.807) is 18.3 Å². The Morgan fingerprint density at radius 2 is 2.30 bits per heavy atom. The Morgan fingerprint density at radius 3 is 2.95 bits per heavy atom. The third kappa shape index (κ3) is 4.01. The van der Waals surface area contributed by atoms with E-state index in [0.29, 0.717) is 17.9 Å². The molecule has 20 heavy (non-hydrogen) atoms. The summed E-state index contributed by atoms with van der Waals surface area (Å²) in [6, 6.07) is 3.54. The smallest absolute Gasteiger partial charge is 0.252 e. The molecule has 2 rings (SSSR count). The molecule has 0 aromatic carbocycles. The Balaban J connectivity index is 1.74. The van der Waals surface area contributed by atoms with Crippen LogP contribution in [0.4, 0.5) is 5.82 Å². The molecule has 0 spiro atoms. The van der Waals surface area contributed by atoms with Gasteiger partial charge in [-0.1, -0.05) is 5.21 Å². The van der Waals surface area contributed by atoms with E-state index in [2.05, 4.69) is 36.2 Å². The van der Waals surface area contributed by atoms with Crippen molar-refractivity contribution in [3.8, 4) is 0 Å². The number of aryl methyl sites for hydroxylation is 1. The lowest BCUT2D eigenvalue weighted by atomic mass is 10.2. The Bertz CT molecular complexity index is 523. The summed E-state index contributed by atoms with van der Waals surface area (Å²) in [5.41, 5.74) is 0.559. The lowest BCUT2D eigenvalue weighted by molar-refractivity contribution is 0.0955. The highest BCUT2D eigenvalue weighted by molar-refractivity contribution is 5.93. The summed E-state index contributed by atoms with van der Waals surface area (Å²) in [6.07, 6.45) is 3.19. The van der Waals surface area contributed by atoms with Crippen LogP contribution in [0.5, 0.6) is 0 Å². The molecule has 2 heterocycles. The fraction of sp³-hybridized carbons (Fsp3) is 0.417. The first-order valence-electron chi connectivity index (χ1n) is 6.50. The van der Waals surface area contributed by atoms with Gasteiger partial charge in [-0.2, -0.15) is 5.21 Å². The molecule has 2 aromatic heterocycles. The number of hydrogen-bond acceptors (Lipinski definition) is 6. The SMILES string of the molecule is CCNC(=O)c1ccc(NCCCc2nn[nH]n2)nc1. The Hall–Kier alpha value is -2.51. The van der Waals surface area contributed by atoms with Crippen LogP contribution in [-0.2, 0) is 6.42 Å². The Labute approximate surface area is 116 Å². The van der Waals surface area contributed by atoms with Crippen LogP contribution in [-0.4, -0.2) is 44.6 Å². The summed E-state index contributed by atoms with van der Waals surface area (Å²) >= 11 is 0. The number of aromatic amines is 1. The van der Waals surface area contributed by atoms with E-state index in [4.69, 9.17) is 0 Å². The largest absolute Gasteiger partial charge is 0.370 e. The molecule has 0 bridgehead atoms. The molecular formula is C12H17N7O. The molecule has 8 nitrogen and oxygen atoms in total. The van der Waals surface area contributed by atoms with Crippen LogP contribution in [0.1, 0.15) is 29.5 Å². The first-order chi connectivity index (χ1) is 9.79. The van der Waals surface area contributed by atoms with Gasteiger partial charge in [0.25, 0.3) is 5.91 Å². The molecule has 1 amide bonds. The van der Waals surface area contributed by atoms with Gasteiger partial charge in [-0.3, -0.25) is 4.79 Å². The second kappa shape index (κ2) is 7.17. The van der Waals surface area contributed by atoms with Gasteiger partial charge in [0.1, 0.15) is 5.82 Å². The number of nitrogens with one attached hydrogen (secondary N) is 3. The Kier molecular flexibility index (Phi) is 4.99. The molecule has 8 heteroatoms. The maximum Gasteiger partial charge on any atom is 0.252 e. The monoisotopic (exact) mass is 275 g/mol. The van der Waals surface area contributed by atoms with Crippen molar-refractivity contribution in [1.29, 1.82) is 0 Å². The van der Waals surface area contributed by atoms with Gasteiger partial charge in [0.2, 0.25) is 0 Å². The van der Waals surface area contributed by atoms with Gasteiger partial charge in [0, 0.05) is 25.7 Å². The number of H-pyrrole nitrogens is 1. The van der Waals surface area contributed by atoms with Crippen molar-refractivity contribution in [3.05, 3.63) is 29.7 Å². The maximum atomic E-state index is 11.6. The first kappa shape index (κ1) is 13.9. The predicted octanol–water partition coefficient (Wildman–Crippen LogP) is 0.389. The minimum absolute atomic E-state index is 0.108. The first-order valence-corrected chi connectivity index (χ1v) is 6.50. The molecule has 106 valence electrons. The van der Waals surface area contributed by atoms with Crippen molar-refractivity contribution in [2.75, 3.05) is 18.4 Å². The zero-order valence-electron chi connectivity index (χ0n) is 11.3. The van der Waals surface area contributed by atoms with Crippen LogP contribution in [0.3, 0.4) is 0 Å². The second-order valence-electron chi connectivity index (χ2n) is 4.15. The molecule has 0 unspecified atom stereocenters. The number of amides is 1. The van der Waals surface area contributed by atoms with E-state index in [-0.39, 0.29) is 5.91 Å². The van der Waals surface area contributed by atoms with Crippen LogP contribution >= 0.6 is 0 Å². The third-order valence-corrected chi connectivity index (χ3v) is 2.64. The van der Waals surface area contributed by atoms with E-state index in [0.717, 1.165) is 25.2 Å². The molecule has 0 radical (unpaired) electrons. The van der Waals surface area contributed by atoms with Crippen molar-refractivity contribution >= 4 is 11.7 Å². The van der Waals surface area contributed by atoms with Crippen molar-refractivity contribution in [1.82, 2.24) is 30.9 Å². The molecule has 0 fully saturated rings. The van der Waals surface area contributed by atoms with E-state index in [9.17, 15) is 4.79 Å². The standard InChI is InChI=1S/C12H17N7O/c1-2-13-12(20)9-5-6-10(15-8-9)14-7-3-4-11-16-18-19-17-11/h5-6,8H,2-4,7H2,1H3,(H,13,20)(H,14,15)(H,16,17,18,19). The number of rotatable bonds is 7. The van der Waals surface area contributed by atoms with E-state index < -0.39 is 0 Å². The summed E-state index contributed by atoms with van der Waals surface area (Å²) in [5, 5.41) is 19.6. The van der Waals surface area contributed by atoms with E-state index >= 15 is 0 Å². The molecule has 2 aromatic rings. The fourth-order valence-corrected chi connectivity index (χ4v) is 1.65. The van der Waals surface area contributed by atoms with Crippen molar-refractivity contribution < 1.29 is 4.79 Å². The molecule has 0 aliphatic rings. The molecule has 0 saturated heterocycles. The quantitative estimate of drug-likeness (QED) is 0.631. The highest BCUT2D eigenvalue weighted by Gasteiger charge is 2.04. The highest BCUT2D eigenvalue weighted by atomic mass is 16.1. The van der Waals surface area contributed by atoms with Gasteiger partial charge in [0.15, 0.2) is 5.82 Å². The summed E-state index contributed by atoms with van der Waals surface area (Å²) in [5.74, 6) is 1.33. The molecular weight excluding hydrogens is 258 g/mol. The minimum atomic E-state index is -0.108. The zero-order valence-corrected chi connectivity index (χ0v) is 11.3. The van der Waals surface area contributed by atoms with Crippen LogP contribution in [0.25, 0.3) is 0 Å². The summed E-state index contributed by atoms with van der Waals surface area (Å²) in [4.78, 5) is 15.7. The normalized spacial score (nSPS) is 10.2. The topological polar surface area (TPSA) is 108 Å². The number of tetrazole rings is 1. The molecule has 3 N–H and O–H groups in total. The number of carbonyl (C=O) groups is 1. The zero-order chi connectivity index (χ0) is 14.2. The van der Waals surface area contributed by atoms with Crippen molar-refractivity contribution in [2.24, 2.45) is 0 Å². The van der Waals surface area contributed by atoms with Gasteiger partial charge < -0.3 is 10.6 Å². The van der Waals surface area contributed by atoms with Crippen molar-refractivity contribution in [3.63, 3.8) is 0 Å². The Morgan fingerprint density at radius 1 is 1.40 bits per heavy atom. The molecule has 0 aliphatic heterocycles. The average molecular weight is 275 g/mol. The van der Waals surface area contributed by atoms with E-state index in [1.807, 2.05) is 6.92 Å². The molecule has 0 atom stereocenters. The van der Waals surface area contributed by atoms with E-state index in [1.165, 1.54) is 0 Å². The van der Waals surface area contributed by atoms with Crippen LogP contribution in [0.15, 0.2) is 18.3 Å². The minimum Gasteiger partial charge on any atom is -0.370 e. The van der Waals surface area contributed by atoms with Gasteiger partial charge in [-0.05, 0) is 25.5 Å². The predicted molar refractivity (Wildman–Crippen MR) is 73.2 cm³/mol. The number of anilines is 1. The average Bonchev–Trinajstić information content (AvgIpc) is 2.98. The number of nitrogens with zero attached hydrogens (tertiary/aromatic N) is 4. The lowest BCUT2D eigenvalue weighted by Gasteiger charge is -2.06. The van der Waals surface area contributed by atoms with Crippen LogP contribution in [0.2, 0.25) is 0 Å².